The molecule has 0 atom stereocenters. The van der Waals surface area contributed by atoms with Gasteiger partial charge in [0.05, 0.1) is 5.92 Å². The van der Waals surface area contributed by atoms with Crippen LogP contribution in [0.2, 0.25) is 0 Å². The summed E-state index contributed by atoms with van der Waals surface area (Å²) >= 11 is 0. The molecule has 0 aromatic heterocycles. The van der Waals surface area contributed by atoms with Crippen LogP contribution in [0.5, 0.6) is 0 Å². The summed E-state index contributed by atoms with van der Waals surface area (Å²) in [5.41, 5.74) is 0. The summed E-state index contributed by atoms with van der Waals surface area (Å²) in [5.74, 6) is 0.0837. The number of rotatable bonds is 5. The molecule has 0 saturated heterocycles. The van der Waals surface area contributed by atoms with E-state index in [1.54, 1.807) is 6.08 Å². The van der Waals surface area contributed by atoms with Crippen molar-refractivity contribution in [1.82, 2.24) is 5.32 Å². The van der Waals surface area contributed by atoms with Crippen LogP contribution in [0.25, 0.3) is 0 Å². The van der Waals surface area contributed by atoms with Crippen LogP contribution in [0.4, 0.5) is 0 Å². The molecule has 3 nitrogen and oxygen atoms in total. The number of nitrogens with one attached hydrogen (secondary N) is 1. The number of hydrogen-bond donors (Lipinski definition) is 1. The van der Waals surface area contributed by atoms with Crippen LogP contribution in [-0.4, -0.2) is 24.7 Å². The fourth-order valence-electron chi connectivity index (χ4n) is 3.36. The van der Waals surface area contributed by atoms with E-state index in [-0.39, 0.29) is 11.9 Å². The van der Waals surface area contributed by atoms with Crippen LogP contribution in [0.3, 0.4) is 0 Å². The van der Waals surface area contributed by atoms with Gasteiger partial charge in [0.15, 0.2) is 0 Å². The minimum Gasteiger partial charge on any atom is -0.461 e. The highest BCUT2D eigenvalue weighted by Gasteiger charge is 2.28. The Morgan fingerprint density at radius 1 is 1.05 bits per heavy atom. The summed E-state index contributed by atoms with van der Waals surface area (Å²) in [7, 11) is 0. The van der Waals surface area contributed by atoms with Gasteiger partial charge in [0.2, 0.25) is 0 Å². The van der Waals surface area contributed by atoms with Crippen molar-refractivity contribution in [3.05, 3.63) is 12.7 Å². The monoisotopic (exact) mass is 265 g/mol. The van der Waals surface area contributed by atoms with Gasteiger partial charge in [-0.2, -0.15) is 0 Å². The van der Waals surface area contributed by atoms with Crippen molar-refractivity contribution in [3.63, 3.8) is 0 Å². The number of esters is 1. The van der Waals surface area contributed by atoms with Crippen molar-refractivity contribution in [2.24, 2.45) is 5.92 Å². The first-order chi connectivity index (χ1) is 9.29. The fraction of sp³-hybridized carbons (Fsp3) is 0.812. The summed E-state index contributed by atoms with van der Waals surface area (Å²) in [4.78, 5) is 11.8. The molecule has 1 N–H and O–H groups in total. The van der Waals surface area contributed by atoms with Crippen LogP contribution >= 0.6 is 0 Å². The van der Waals surface area contributed by atoms with Gasteiger partial charge >= 0.3 is 5.97 Å². The molecular formula is C16H27NO2. The molecule has 0 aliphatic heterocycles. The van der Waals surface area contributed by atoms with E-state index >= 15 is 0 Å². The molecular weight excluding hydrogens is 238 g/mol. The molecule has 0 radical (unpaired) electrons. The van der Waals surface area contributed by atoms with E-state index in [4.69, 9.17) is 4.74 Å². The van der Waals surface area contributed by atoms with E-state index in [9.17, 15) is 4.79 Å². The van der Waals surface area contributed by atoms with E-state index in [1.165, 1.54) is 32.1 Å². The lowest BCUT2D eigenvalue weighted by atomic mass is 9.85. The van der Waals surface area contributed by atoms with E-state index in [2.05, 4.69) is 11.9 Å². The highest BCUT2D eigenvalue weighted by Crippen LogP contribution is 2.27. The van der Waals surface area contributed by atoms with E-state index in [0.717, 1.165) is 31.7 Å². The van der Waals surface area contributed by atoms with Crippen molar-refractivity contribution in [1.29, 1.82) is 0 Å². The summed E-state index contributed by atoms with van der Waals surface area (Å²) in [6.07, 6.45) is 12.6. The largest absolute Gasteiger partial charge is 0.461 e. The summed E-state index contributed by atoms with van der Waals surface area (Å²) in [6, 6.07) is 1.34. The minimum absolute atomic E-state index is 0.0315. The Balaban J connectivity index is 1.66. The quantitative estimate of drug-likeness (QED) is 0.613. The number of hydrogen-bond acceptors (Lipinski definition) is 3. The number of ether oxygens (including phenoxy) is 1. The zero-order valence-electron chi connectivity index (χ0n) is 11.9. The highest BCUT2D eigenvalue weighted by atomic mass is 16.5. The molecule has 2 aliphatic carbocycles. The van der Waals surface area contributed by atoms with E-state index in [1.807, 2.05) is 0 Å². The van der Waals surface area contributed by atoms with Crippen molar-refractivity contribution in [2.45, 2.75) is 69.9 Å². The maximum Gasteiger partial charge on any atom is 0.309 e. The third-order valence-electron chi connectivity index (χ3n) is 4.48. The van der Waals surface area contributed by atoms with Gasteiger partial charge in [0.1, 0.15) is 6.61 Å². The molecule has 2 aliphatic rings. The summed E-state index contributed by atoms with van der Waals surface area (Å²) in [5, 5.41) is 3.79. The van der Waals surface area contributed by atoms with Crippen molar-refractivity contribution < 1.29 is 9.53 Å². The molecule has 3 heteroatoms. The Morgan fingerprint density at radius 3 is 2.32 bits per heavy atom. The van der Waals surface area contributed by atoms with Gasteiger partial charge in [0.25, 0.3) is 0 Å². The normalized spacial score (nSPS) is 28.8. The average Bonchev–Trinajstić information content (AvgIpc) is 2.46. The molecule has 2 fully saturated rings. The third-order valence-corrected chi connectivity index (χ3v) is 4.48. The van der Waals surface area contributed by atoms with Crippen LogP contribution in [0.1, 0.15) is 57.8 Å². The average molecular weight is 265 g/mol. The van der Waals surface area contributed by atoms with E-state index < -0.39 is 0 Å². The van der Waals surface area contributed by atoms with Gasteiger partial charge in [0, 0.05) is 12.1 Å². The Bertz CT molecular complexity index is 289. The third kappa shape index (κ3) is 4.64. The lowest BCUT2D eigenvalue weighted by molar-refractivity contribution is -0.148. The van der Waals surface area contributed by atoms with Crippen LogP contribution in [-0.2, 0) is 9.53 Å². The second-order valence-electron chi connectivity index (χ2n) is 5.97. The molecule has 0 spiro atoms. The zero-order valence-corrected chi connectivity index (χ0v) is 11.9. The van der Waals surface area contributed by atoms with Crippen molar-refractivity contribution >= 4 is 5.97 Å². The summed E-state index contributed by atoms with van der Waals surface area (Å²) in [6.45, 7) is 3.91. The lowest BCUT2D eigenvalue weighted by Crippen LogP contribution is -2.42. The molecule has 0 bridgehead atoms. The Hall–Kier alpha value is -0.830. The molecule has 108 valence electrons. The first kappa shape index (κ1) is 14.6. The van der Waals surface area contributed by atoms with Crippen LogP contribution in [0, 0.1) is 5.92 Å². The SMILES string of the molecule is C=CCOC(=O)C1CCC(NC2CCCCC2)CC1. The van der Waals surface area contributed by atoms with Crippen molar-refractivity contribution in [2.75, 3.05) is 6.61 Å². The van der Waals surface area contributed by atoms with Crippen LogP contribution in [0.15, 0.2) is 12.7 Å². The Kier molecular flexibility index (Phi) is 5.90. The predicted molar refractivity (Wildman–Crippen MR) is 76.9 cm³/mol. The maximum atomic E-state index is 11.8. The second-order valence-corrected chi connectivity index (χ2v) is 5.97. The Morgan fingerprint density at radius 2 is 1.68 bits per heavy atom. The van der Waals surface area contributed by atoms with Gasteiger partial charge in [-0.05, 0) is 38.5 Å². The molecule has 0 aromatic carbocycles. The van der Waals surface area contributed by atoms with Crippen molar-refractivity contribution in [3.8, 4) is 0 Å². The molecule has 0 amide bonds. The molecule has 0 heterocycles. The number of carbonyl (C=O) groups is 1. The zero-order chi connectivity index (χ0) is 13.5. The van der Waals surface area contributed by atoms with Gasteiger partial charge in [-0.25, -0.2) is 0 Å². The molecule has 2 saturated carbocycles. The van der Waals surface area contributed by atoms with Gasteiger partial charge < -0.3 is 10.1 Å². The molecule has 2 rings (SSSR count). The van der Waals surface area contributed by atoms with Gasteiger partial charge in [-0.15, -0.1) is 0 Å². The van der Waals surface area contributed by atoms with Gasteiger partial charge in [-0.1, -0.05) is 31.9 Å². The standard InChI is InChI=1S/C16H27NO2/c1-2-12-19-16(18)13-8-10-15(11-9-13)17-14-6-4-3-5-7-14/h2,13-15,17H,1,3-12H2. The van der Waals surface area contributed by atoms with E-state index in [0.29, 0.717) is 12.6 Å². The maximum absolute atomic E-state index is 11.8. The topological polar surface area (TPSA) is 38.3 Å². The first-order valence-corrected chi connectivity index (χ1v) is 7.83. The minimum atomic E-state index is -0.0315. The van der Waals surface area contributed by atoms with Crippen LogP contribution < -0.4 is 5.32 Å². The molecule has 0 aromatic rings. The fourth-order valence-corrected chi connectivity index (χ4v) is 3.36. The molecule has 19 heavy (non-hydrogen) atoms. The second kappa shape index (κ2) is 7.68. The summed E-state index contributed by atoms with van der Waals surface area (Å²) < 4.78 is 5.14. The molecule has 0 unspecified atom stereocenters. The van der Waals surface area contributed by atoms with Gasteiger partial charge in [-0.3, -0.25) is 4.79 Å². The smallest absolute Gasteiger partial charge is 0.309 e. The lowest BCUT2D eigenvalue weighted by Gasteiger charge is -2.32. The number of carbonyl (C=O) groups excluding carboxylic acids is 1. The predicted octanol–water partition coefficient (Wildman–Crippen LogP) is 3.20. The highest BCUT2D eigenvalue weighted by molar-refractivity contribution is 5.72. The Labute approximate surface area is 116 Å². The first-order valence-electron chi connectivity index (χ1n) is 7.83.